The fraction of sp³-hybridized carbons (Fsp3) is 0.111. The average Bonchev–Trinajstić information content (AvgIpc) is 3.12. The van der Waals surface area contributed by atoms with Crippen molar-refractivity contribution in [1.29, 1.82) is 0 Å². The van der Waals surface area contributed by atoms with Crippen LogP contribution in [0.25, 0.3) is 27.9 Å². The van der Waals surface area contributed by atoms with Gasteiger partial charge in [-0.1, -0.05) is 24.8 Å². The number of H-pyrrole nitrogens is 2. The maximum Gasteiger partial charge on any atom is 0.258 e. The smallest absolute Gasteiger partial charge is 0.258 e. The first-order valence-corrected chi connectivity index (χ1v) is 8.11. The summed E-state index contributed by atoms with van der Waals surface area (Å²) in [4.78, 5) is 22.7. The summed E-state index contributed by atoms with van der Waals surface area (Å²) in [6.45, 7) is 7.65. The zero-order chi connectivity index (χ0) is 16.4. The van der Waals surface area contributed by atoms with E-state index in [2.05, 4.69) is 21.5 Å². The van der Waals surface area contributed by atoms with Gasteiger partial charge in [0.2, 0.25) is 0 Å². The summed E-state index contributed by atoms with van der Waals surface area (Å²) in [5.74, 6) is 0. The number of aromatic nitrogens is 3. The Kier molecular flexibility index (Phi) is 4.12. The molecule has 3 aromatic rings. The van der Waals surface area contributed by atoms with E-state index in [0.29, 0.717) is 5.56 Å². The third-order valence-corrected chi connectivity index (χ3v) is 4.55. The Bertz CT molecular complexity index is 943. The highest BCUT2D eigenvalue weighted by molar-refractivity contribution is 7.13. The number of allylic oxidation sites excluding steroid dienone is 2. The van der Waals surface area contributed by atoms with Crippen LogP contribution in [0.15, 0.2) is 47.4 Å². The van der Waals surface area contributed by atoms with Gasteiger partial charge in [-0.3, -0.25) is 4.79 Å². The molecule has 3 heterocycles. The quantitative estimate of drug-likeness (QED) is 0.703. The molecule has 0 aliphatic heterocycles. The largest absolute Gasteiger partial charge is 0.364 e. The zero-order valence-corrected chi connectivity index (χ0v) is 13.8. The van der Waals surface area contributed by atoms with E-state index in [9.17, 15) is 4.79 Å². The highest BCUT2D eigenvalue weighted by Crippen LogP contribution is 2.32. The molecular weight excluding hydrogens is 306 g/mol. The number of aryl methyl sites for hydroxylation is 2. The van der Waals surface area contributed by atoms with Crippen molar-refractivity contribution in [1.82, 2.24) is 15.0 Å². The van der Waals surface area contributed by atoms with Gasteiger partial charge >= 0.3 is 0 Å². The number of rotatable bonds is 4. The van der Waals surface area contributed by atoms with Crippen LogP contribution < -0.4 is 5.56 Å². The first-order chi connectivity index (χ1) is 11.1. The van der Waals surface area contributed by atoms with E-state index in [1.54, 1.807) is 12.3 Å². The van der Waals surface area contributed by atoms with Gasteiger partial charge in [-0.25, -0.2) is 4.98 Å². The molecule has 4 nitrogen and oxygen atoms in total. The van der Waals surface area contributed by atoms with Crippen LogP contribution in [-0.4, -0.2) is 15.0 Å². The van der Waals surface area contributed by atoms with Gasteiger partial charge in [-0.2, -0.15) is 0 Å². The van der Waals surface area contributed by atoms with Gasteiger partial charge in [0, 0.05) is 34.6 Å². The van der Waals surface area contributed by atoms with Gasteiger partial charge in [0.05, 0.1) is 11.3 Å². The van der Waals surface area contributed by atoms with Crippen molar-refractivity contribution < 1.29 is 0 Å². The van der Waals surface area contributed by atoms with Gasteiger partial charge in [-0.15, -0.1) is 11.3 Å². The van der Waals surface area contributed by atoms with Gasteiger partial charge in [0.15, 0.2) is 0 Å². The summed E-state index contributed by atoms with van der Waals surface area (Å²) in [6, 6.07) is 1.89. The highest BCUT2D eigenvalue weighted by atomic mass is 32.1. The van der Waals surface area contributed by atoms with Crippen molar-refractivity contribution in [3.8, 4) is 21.8 Å². The molecule has 23 heavy (non-hydrogen) atoms. The van der Waals surface area contributed by atoms with E-state index in [1.165, 1.54) is 11.3 Å². The third-order valence-electron chi connectivity index (χ3n) is 3.69. The second-order valence-corrected chi connectivity index (χ2v) is 6.10. The topological polar surface area (TPSA) is 61.5 Å². The predicted molar refractivity (Wildman–Crippen MR) is 96.7 cm³/mol. The monoisotopic (exact) mass is 323 g/mol. The van der Waals surface area contributed by atoms with Gasteiger partial charge < -0.3 is 9.97 Å². The average molecular weight is 323 g/mol. The normalized spacial score (nSPS) is 11.2. The molecule has 0 aromatic carbocycles. The molecule has 3 aromatic heterocycles. The van der Waals surface area contributed by atoms with Crippen LogP contribution in [-0.2, 0) is 0 Å². The van der Waals surface area contributed by atoms with E-state index >= 15 is 0 Å². The second-order valence-electron chi connectivity index (χ2n) is 5.24. The van der Waals surface area contributed by atoms with E-state index in [-0.39, 0.29) is 5.56 Å². The lowest BCUT2D eigenvalue weighted by Gasteiger charge is -2.00. The molecule has 0 aliphatic rings. The zero-order valence-electron chi connectivity index (χ0n) is 13.0. The minimum atomic E-state index is -0.108. The van der Waals surface area contributed by atoms with Crippen LogP contribution in [0.5, 0.6) is 0 Å². The van der Waals surface area contributed by atoms with Crippen LogP contribution in [0.2, 0.25) is 0 Å². The Hall–Kier alpha value is -2.66. The van der Waals surface area contributed by atoms with Crippen LogP contribution in [0, 0.1) is 13.8 Å². The number of aromatic amines is 2. The second kappa shape index (κ2) is 6.22. The summed E-state index contributed by atoms with van der Waals surface area (Å²) in [5.41, 5.74) is 5.49. The molecule has 3 rings (SSSR count). The molecule has 0 unspecified atom stereocenters. The van der Waals surface area contributed by atoms with E-state index < -0.39 is 0 Å². The number of pyridine rings is 1. The number of nitrogens with zero attached hydrogens (tertiary/aromatic N) is 1. The molecule has 116 valence electrons. The molecule has 5 heteroatoms. The Morgan fingerprint density at radius 3 is 2.87 bits per heavy atom. The number of nitrogens with one attached hydrogen (secondary N) is 2. The number of hydrogen-bond donors (Lipinski definition) is 2. The molecule has 0 aliphatic carbocycles. The van der Waals surface area contributed by atoms with Crippen LogP contribution in [0.3, 0.4) is 0 Å². The fourth-order valence-corrected chi connectivity index (χ4v) is 3.41. The third kappa shape index (κ3) is 2.83. The summed E-state index contributed by atoms with van der Waals surface area (Å²) >= 11 is 1.48. The first kappa shape index (κ1) is 15.2. The maximum absolute atomic E-state index is 12.1. The molecule has 0 amide bonds. The predicted octanol–water partition coefficient (Wildman–Crippen LogP) is 4.31. The summed E-state index contributed by atoms with van der Waals surface area (Å²) < 4.78 is 0. The van der Waals surface area contributed by atoms with E-state index in [4.69, 9.17) is 0 Å². The van der Waals surface area contributed by atoms with Gasteiger partial charge in [-0.05, 0) is 25.5 Å². The maximum atomic E-state index is 12.1. The van der Waals surface area contributed by atoms with Crippen molar-refractivity contribution in [2.24, 2.45) is 0 Å². The number of hydrogen-bond acceptors (Lipinski definition) is 3. The lowest BCUT2D eigenvalue weighted by Crippen LogP contribution is -2.09. The fourth-order valence-electron chi connectivity index (χ4n) is 2.48. The standard InChI is InChI=1S/C18H17N3OS/c1-4-5-6-13-12(3)20-9-14(13)15-10-23-18(21-15)16-11(2)7-8-19-17(16)22/h4-10,20H,1H2,2-3H3,(H,19,22)/b6-5-. The van der Waals surface area contributed by atoms with Crippen molar-refractivity contribution >= 4 is 17.4 Å². The molecule has 0 saturated carbocycles. The molecule has 0 saturated heterocycles. The SMILES string of the molecule is C=C/C=C\c1c(-c2csc(-c3c(C)cc[nH]c3=O)n2)c[nH]c1C. The van der Waals surface area contributed by atoms with Crippen LogP contribution in [0.1, 0.15) is 16.8 Å². The van der Waals surface area contributed by atoms with Crippen molar-refractivity contribution in [3.63, 3.8) is 0 Å². The lowest BCUT2D eigenvalue weighted by atomic mass is 10.1. The summed E-state index contributed by atoms with van der Waals surface area (Å²) in [7, 11) is 0. The molecule has 0 atom stereocenters. The molecular formula is C18H17N3OS. The molecule has 0 radical (unpaired) electrons. The molecule has 0 fully saturated rings. The lowest BCUT2D eigenvalue weighted by molar-refractivity contribution is 1.20. The van der Waals surface area contributed by atoms with Crippen LogP contribution >= 0.6 is 11.3 Å². The summed E-state index contributed by atoms with van der Waals surface area (Å²) in [6.07, 6.45) is 9.25. The summed E-state index contributed by atoms with van der Waals surface area (Å²) in [5, 5.41) is 2.71. The van der Waals surface area contributed by atoms with Crippen molar-refractivity contribution in [2.45, 2.75) is 13.8 Å². The van der Waals surface area contributed by atoms with Crippen molar-refractivity contribution in [2.75, 3.05) is 0 Å². The van der Waals surface area contributed by atoms with Gasteiger partial charge in [0.25, 0.3) is 5.56 Å². The highest BCUT2D eigenvalue weighted by Gasteiger charge is 2.15. The Balaban J connectivity index is 2.09. The molecule has 0 spiro atoms. The molecule has 2 N–H and O–H groups in total. The van der Waals surface area contributed by atoms with Gasteiger partial charge in [0.1, 0.15) is 5.01 Å². The number of thiazole rings is 1. The minimum Gasteiger partial charge on any atom is -0.364 e. The first-order valence-electron chi connectivity index (χ1n) is 7.23. The molecule has 0 bridgehead atoms. The Morgan fingerprint density at radius 2 is 2.13 bits per heavy atom. The van der Waals surface area contributed by atoms with E-state index in [1.807, 2.05) is 43.6 Å². The van der Waals surface area contributed by atoms with Crippen LogP contribution in [0.4, 0.5) is 0 Å². The Labute approximate surface area is 138 Å². The Morgan fingerprint density at radius 1 is 1.30 bits per heavy atom. The van der Waals surface area contributed by atoms with Crippen molar-refractivity contribution in [3.05, 3.63) is 69.7 Å². The van der Waals surface area contributed by atoms with E-state index in [0.717, 1.165) is 33.1 Å². The minimum absolute atomic E-state index is 0.108.